The van der Waals surface area contributed by atoms with E-state index in [-0.39, 0.29) is 11.8 Å². The van der Waals surface area contributed by atoms with Crippen molar-refractivity contribution in [3.05, 3.63) is 24.3 Å². The number of aromatic nitrogens is 2. The quantitative estimate of drug-likeness (QED) is 0.654. The van der Waals surface area contributed by atoms with E-state index in [2.05, 4.69) is 9.97 Å². The van der Waals surface area contributed by atoms with E-state index in [4.69, 9.17) is 0 Å². The van der Waals surface area contributed by atoms with Crippen molar-refractivity contribution in [1.29, 1.82) is 0 Å². The fourth-order valence-corrected chi connectivity index (χ4v) is 1.10. The van der Waals surface area contributed by atoms with Crippen molar-refractivity contribution in [2.24, 2.45) is 0 Å². The minimum absolute atomic E-state index is 0. The maximum Gasteiger partial charge on any atom is 0.100 e. The molecule has 68 valence electrons. The third-order valence-electron chi connectivity index (χ3n) is 0.941. The summed E-state index contributed by atoms with van der Waals surface area (Å²) in [6, 6.07) is 0. The molecule has 0 fully saturated rings. The molecular formula is C5H9N3O3S. The summed E-state index contributed by atoms with van der Waals surface area (Å²) in [6.07, 6.45) is 3.98. The third kappa shape index (κ3) is 3.96. The Balaban J connectivity index is 0.00000121. The van der Waals surface area contributed by atoms with Gasteiger partial charge in [0.25, 0.3) is 0 Å². The van der Waals surface area contributed by atoms with E-state index in [1.807, 2.05) is 0 Å². The van der Waals surface area contributed by atoms with Gasteiger partial charge in [-0.15, -0.1) is 0 Å². The Kier molecular flexibility index (Phi) is 3.74. The molecule has 1 aromatic heterocycles. The topological polar surface area (TPSA) is 119 Å². The van der Waals surface area contributed by atoms with Crippen LogP contribution in [0.2, 0.25) is 0 Å². The van der Waals surface area contributed by atoms with Crippen LogP contribution in [0.15, 0.2) is 18.6 Å². The minimum Gasteiger partial charge on any atom is -0.748 e. The Morgan fingerprint density at radius 3 is 2.50 bits per heavy atom. The van der Waals surface area contributed by atoms with Gasteiger partial charge in [-0.05, 0) is 0 Å². The number of hydrogen-bond donors (Lipinski definition) is 1. The minimum atomic E-state index is -4.23. The van der Waals surface area contributed by atoms with Crippen molar-refractivity contribution < 1.29 is 13.0 Å². The first-order chi connectivity index (χ1) is 5.08. The summed E-state index contributed by atoms with van der Waals surface area (Å²) in [7, 11) is -4.23. The molecule has 0 atom stereocenters. The molecule has 6 nitrogen and oxygen atoms in total. The second-order valence-electron chi connectivity index (χ2n) is 1.90. The van der Waals surface area contributed by atoms with Gasteiger partial charge in [-0.25, -0.2) is 8.42 Å². The highest BCUT2D eigenvalue weighted by Crippen LogP contribution is 1.96. The lowest BCUT2D eigenvalue weighted by Crippen LogP contribution is -2.03. The van der Waals surface area contributed by atoms with Gasteiger partial charge in [0.15, 0.2) is 0 Å². The summed E-state index contributed by atoms with van der Waals surface area (Å²) in [6.45, 7) is 0. The summed E-state index contributed by atoms with van der Waals surface area (Å²) in [4.78, 5) is 7.23. The molecule has 1 rings (SSSR count). The van der Waals surface area contributed by atoms with Crippen LogP contribution in [0, 0.1) is 0 Å². The molecule has 0 saturated heterocycles. The van der Waals surface area contributed by atoms with E-state index in [9.17, 15) is 13.0 Å². The summed E-state index contributed by atoms with van der Waals surface area (Å²) in [5.41, 5.74) is 0.169. The standard InChI is InChI=1S/C5H6N2O3S.H3N/c8-11(9,10)4-5-3-6-1-2-7-5;/h1-3H,4H2,(H,8,9,10);1H3. The van der Waals surface area contributed by atoms with Crippen LogP contribution >= 0.6 is 0 Å². The molecule has 0 bridgehead atoms. The lowest BCUT2D eigenvalue weighted by molar-refractivity contribution is 0.461. The van der Waals surface area contributed by atoms with Crippen molar-refractivity contribution in [1.82, 2.24) is 16.1 Å². The second-order valence-corrected chi connectivity index (χ2v) is 3.30. The smallest absolute Gasteiger partial charge is 0.100 e. The van der Waals surface area contributed by atoms with Crippen LogP contribution in [-0.4, -0.2) is 22.9 Å². The van der Waals surface area contributed by atoms with E-state index in [0.717, 1.165) is 0 Å². The Morgan fingerprint density at radius 2 is 2.08 bits per heavy atom. The van der Waals surface area contributed by atoms with Crippen molar-refractivity contribution in [2.45, 2.75) is 5.75 Å². The van der Waals surface area contributed by atoms with Crippen LogP contribution in [0.5, 0.6) is 0 Å². The summed E-state index contributed by atoms with van der Waals surface area (Å²) in [5, 5.41) is 0. The molecular weight excluding hydrogens is 182 g/mol. The SMILES string of the molecule is O=S(=O)([O-])Cc1cnccn1.[NH4+]. The predicted octanol–water partition coefficient (Wildman–Crippen LogP) is -0.102. The molecule has 1 heterocycles. The molecule has 0 aromatic carbocycles. The monoisotopic (exact) mass is 191 g/mol. The fraction of sp³-hybridized carbons (Fsp3) is 0.200. The van der Waals surface area contributed by atoms with Gasteiger partial charge >= 0.3 is 0 Å². The lowest BCUT2D eigenvalue weighted by atomic mass is 10.5. The predicted molar refractivity (Wildman–Crippen MR) is 41.4 cm³/mol. The summed E-state index contributed by atoms with van der Waals surface area (Å²) in [5.74, 6) is -0.596. The van der Waals surface area contributed by atoms with Gasteiger partial charge in [0.05, 0.1) is 11.4 Å². The maximum atomic E-state index is 10.2. The van der Waals surface area contributed by atoms with E-state index in [0.29, 0.717) is 0 Å². The molecule has 4 N–H and O–H groups in total. The van der Waals surface area contributed by atoms with Crippen molar-refractivity contribution in [3.63, 3.8) is 0 Å². The molecule has 0 spiro atoms. The largest absolute Gasteiger partial charge is 0.748 e. The van der Waals surface area contributed by atoms with Gasteiger partial charge in [-0.2, -0.15) is 0 Å². The molecule has 0 aliphatic carbocycles. The normalized spacial score (nSPS) is 10.4. The Bertz CT molecular complexity index is 323. The van der Waals surface area contributed by atoms with E-state index >= 15 is 0 Å². The van der Waals surface area contributed by atoms with Crippen molar-refractivity contribution in [3.8, 4) is 0 Å². The molecule has 0 aliphatic heterocycles. The average Bonchev–Trinajstić information content (AvgIpc) is 1.85. The lowest BCUT2D eigenvalue weighted by Gasteiger charge is -2.03. The molecule has 12 heavy (non-hydrogen) atoms. The number of hydrogen-bond acceptors (Lipinski definition) is 5. The van der Waals surface area contributed by atoms with Crippen LogP contribution < -0.4 is 6.15 Å². The van der Waals surface area contributed by atoms with E-state index < -0.39 is 15.9 Å². The molecule has 0 radical (unpaired) electrons. The van der Waals surface area contributed by atoms with Crippen molar-refractivity contribution in [2.75, 3.05) is 0 Å². The van der Waals surface area contributed by atoms with Gasteiger partial charge in [-0.3, -0.25) is 9.97 Å². The first kappa shape index (κ1) is 11.0. The molecule has 0 amide bonds. The van der Waals surface area contributed by atoms with Gasteiger partial charge in [-0.1, -0.05) is 0 Å². The average molecular weight is 191 g/mol. The number of nitrogens with zero attached hydrogens (tertiary/aromatic N) is 2. The van der Waals surface area contributed by atoms with Gasteiger partial charge in [0.1, 0.15) is 10.1 Å². The zero-order chi connectivity index (χ0) is 8.32. The molecule has 0 unspecified atom stereocenters. The first-order valence-electron chi connectivity index (χ1n) is 2.76. The Morgan fingerprint density at radius 1 is 1.42 bits per heavy atom. The van der Waals surface area contributed by atoms with E-state index in [1.54, 1.807) is 0 Å². The second kappa shape index (κ2) is 4.10. The third-order valence-corrected chi connectivity index (χ3v) is 1.59. The number of rotatable bonds is 2. The maximum absolute atomic E-state index is 10.2. The Labute approximate surface area is 70.0 Å². The van der Waals surface area contributed by atoms with Crippen LogP contribution in [0.25, 0.3) is 0 Å². The molecule has 1 aromatic rings. The fourth-order valence-electron chi connectivity index (χ4n) is 0.586. The van der Waals surface area contributed by atoms with Crippen molar-refractivity contribution >= 4 is 10.1 Å². The molecule has 0 saturated carbocycles. The molecule has 7 heteroatoms. The summed E-state index contributed by atoms with van der Waals surface area (Å²) >= 11 is 0. The number of quaternary nitrogens is 1. The van der Waals surface area contributed by atoms with Crippen LogP contribution in [0.3, 0.4) is 0 Å². The highest BCUT2D eigenvalue weighted by atomic mass is 32.2. The highest BCUT2D eigenvalue weighted by molar-refractivity contribution is 7.84. The molecule has 0 aliphatic rings. The van der Waals surface area contributed by atoms with Gasteiger partial charge < -0.3 is 10.7 Å². The zero-order valence-corrected chi connectivity index (χ0v) is 7.28. The van der Waals surface area contributed by atoms with E-state index in [1.165, 1.54) is 18.6 Å². The summed E-state index contributed by atoms with van der Waals surface area (Å²) < 4.78 is 30.5. The first-order valence-corrected chi connectivity index (χ1v) is 4.34. The van der Waals surface area contributed by atoms with Gasteiger partial charge in [0, 0.05) is 18.6 Å². The van der Waals surface area contributed by atoms with Crippen LogP contribution in [-0.2, 0) is 15.9 Å². The van der Waals surface area contributed by atoms with Crippen LogP contribution in [0.1, 0.15) is 5.69 Å². The van der Waals surface area contributed by atoms with Gasteiger partial charge in [0.2, 0.25) is 0 Å². The van der Waals surface area contributed by atoms with Crippen LogP contribution in [0.4, 0.5) is 0 Å². The highest BCUT2D eigenvalue weighted by Gasteiger charge is 1.98. The Hall–Kier alpha value is -1.05. The zero-order valence-electron chi connectivity index (χ0n) is 6.47.